The van der Waals surface area contributed by atoms with Gasteiger partial charge in [-0.05, 0) is 43.0 Å². The summed E-state index contributed by atoms with van der Waals surface area (Å²) in [6.45, 7) is 1.12. The minimum absolute atomic E-state index is 0.0249. The minimum atomic E-state index is -0.765. The fourth-order valence-electron chi connectivity index (χ4n) is 4.18. The summed E-state index contributed by atoms with van der Waals surface area (Å²) in [6.07, 6.45) is 2.53. The van der Waals surface area contributed by atoms with Crippen molar-refractivity contribution in [3.05, 3.63) is 58.2 Å². The zero-order valence-electron chi connectivity index (χ0n) is 18.1. The number of amides is 2. The highest BCUT2D eigenvalue weighted by atomic mass is 19.1. The van der Waals surface area contributed by atoms with Crippen molar-refractivity contribution >= 4 is 11.8 Å². The van der Waals surface area contributed by atoms with Gasteiger partial charge in [0.15, 0.2) is 0 Å². The first-order valence-corrected chi connectivity index (χ1v) is 11.3. The summed E-state index contributed by atoms with van der Waals surface area (Å²) in [5.41, 5.74) is 2.33. The molecule has 0 bridgehead atoms. The molecule has 3 N–H and O–H groups in total. The number of benzene rings is 1. The molecule has 0 spiro atoms. The Morgan fingerprint density at radius 2 is 1.97 bits per heavy atom. The number of aromatic nitrogens is 1. The lowest BCUT2D eigenvalue weighted by Crippen LogP contribution is -2.48. The zero-order chi connectivity index (χ0) is 22.9. The van der Waals surface area contributed by atoms with Crippen LogP contribution in [0.25, 0.3) is 0 Å². The van der Waals surface area contributed by atoms with Crippen LogP contribution in [-0.4, -0.2) is 59.9 Å². The van der Waals surface area contributed by atoms with Gasteiger partial charge < -0.3 is 25.2 Å². The average molecular weight is 455 g/mol. The Balaban J connectivity index is 1.35. The van der Waals surface area contributed by atoms with Gasteiger partial charge in [0, 0.05) is 31.1 Å². The number of nitrogens with one attached hydrogen (secondary N) is 2. The van der Waals surface area contributed by atoms with E-state index in [1.165, 1.54) is 12.1 Å². The molecule has 2 atom stereocenters. The molecule has 0 radical (unpaired) electrons. The second kappa shape index (κ2) is 9.07. The average Bonchev–Trinajstić information content (AvgIpc) is 3.47. The number of ether oxygens (including phenoxy) is 2. The van der Waals surface area contributed by atoms with Gasteiger partial charge in [0.05, 0.1) is 36.6 Å². The summed E-state index contributed by atoms with van der Waals surface area (Å²) >= 11 is 0. The summed E-state index contributed by atoms with van der Waals surface area (Å²) in [5.74, 6) is -0.739. The molecule has 1 aromatic carbocycles. The number of nitrogens with zero attached hydrogens (tertiary/aromatic N) is 1. The minimum Gasteiger partial charge on any atom is -0.491 e. The van der Waals surface area contributed by atoms with Crippen molar-refractivity contribution in [1.29, 1.82) is 0 Å². The molecule has 2 fully saturated rings. The normalized spacial score (nSPS) is 21.8. The molecule has 1 aromatic heterocycles. The van der Waals surface area contributed by atoms with Gasteiger partial charge in [-0.1, -0.05) is 6.07 Å². The fourth-order valence-corrected chi connectivity index (χ4v) is 4.18. The Morgan fingerprint density at radius 1 is 1.12 bits per heavy atom. The Morgan fingerprint density at radius 3 is 2.73 bits per heavy atom. The van der Waals surface area contributed by atoms with Gasteiger partial charge in [-0.2, -0.15) is 0 Å². The molecule has 174 valence electrons. The lowest BCUT2D eigenvalue weighted by molar-refractivity contribution is -0.0261. The van der Waals surface area contributed by atoms with E-state index >= 15 is 0 Å². The van der Waals surface area contributed by atoms with Crippen molar-refractivity contribution in [3.8, 4) is 5.75 Å². The number of pyridine rings is 1. The quantitative estimate of drug-likeness (QED) is 0.609. The van der Waals surface area contributed by atoms with E-state index in [4.69, 9.17) is 9.47 Å². The second-order valence-corrected chi connectivity index (χ2v) is 8.79. The van der Waals surface area contributed by atoms with E-state index in [1.807, 2.05) is 0 Å². The lowest BCUT2D eigenvalue weighted by Gasteiger charge is -2.28. The first-order valence-electron chi connectivity index (χ1n) is 11.3. The highest BCUT2D eigenvalue weighted by Crippen LogP contribution is 2.31. The maximum Gasteiger partial charge on any atom is 0.270 e. The highest BCUT2D eigenvalue weighted by Gasteiger charge is 2.28. The summed E-state index contributed by atoms with van der Waals surface area (Å²) in [5, 5.41) is 15.7. The van der Waals surface area contributed by atoms with Crippen LogP contribution in [0.15, 0.2) is 24.3 Å². The monoisotopic (exact) mass is 455 g/mol. The summed E-state index contributed by atoms with van der Waals surface area (Å²) in [4.78, 5) is 29.5. The van der Waals surface area contributed by atoms with E-state index in [2.05, 4.69) is 15.6 Å². The molecule has 9 heteroatoms. The highest BCUT2D eigenvalue weighted by molar-refractivity contribution is 5.95. The predicted octanol–water partition coefficient (Wildman–Crippen LogP) is 1.52. The molecule has 33 heavy (non-hydrogen) atoms. The van der Waals surface area contributed by atoms with Crippen molar-refractivity contribution in [2.75, 3.05) is 19.8 Å². The molecule has 2 aliphatic heterocycles. The van der Waals surface area contributed by atoms with Crippen LogP contribution in [0.3, 0.4) is 0 Å². The number of aliphatic hydroxyl groups is 1. The summed E-state index contributed by atoms with van der Waals surface area (Å²) < 4.78 is 25.6. The standard InChI is InChI=1S/C24H26FN3O5/c25-17-10-13(1-4-16(17)23(30)26-15-2-3-15)9-14-11-20(27-19-6-8-33-22(14)19)24(31)28-18-5-7-32-12-21(18)29/h1,4,10-11,15,18,21,29H,2-3,5-9,12H2,(H,26,30)(H,28,31)/t18-,21-/m0/s1. The molecular formula is C24H26FN3O5. The Labute approximate surface area is 190 Å². The van der Waals surface area contributed by atoms with Crippen LogP contribution in [0.4, 0.5) is 4.39 Å². The second-order valence-electron chi connectivity index (χ2n) is 8.79. The molecule has 1 aliphatic carbocycles. The van der Waals surface area contributed by atoms with Crippen LogP contribution in [0, 0.1) is 5.82 Å². The maximum atomic E-state index is 14.7. The molecule has 1 saturated carbocycles. The SMILES string of the molecule is O=C(N[C@H]1CCOC[C@@H]1O)c1cc(Cc2ccc(C(=O)NC3CC3)c(F)c2)c2c(n1)CCO2. The third-order valence-electron chi connectivity index (χ3n) is 6.17. The van der Waals surface area contributed by atoms with E-state index in [0.29, 0.717) is 49.5 Å². The van der Waals surface area contributed by atoms with Crippen LogP contribution >= 0.6 is 0 Å². The maximum absolute atomic E-state index is 14.7. The number of aliphatic hydroxyl groups excluding tert-OH is 1. The summed E-state index contributed by atoms with van der Waals surface area (Å²) in [6, 6.07) is 5.96. The fraction of sp³-hybridized carbons (Fsp3) is 0.458. The van der Waals surface area contributed by atoms with Gasteiger partial charge in [0.2, 0.25) is 0 Å². The van der Waals surface area contributed by atoms with Crippen molar-refractivity contribution in [2.45, 2.75) is 50.3 Å². The van der Waals surface area contributed by atoms with Gasteiger partial charge in [0.1, 0.15) is 17.3 Å². The first-order chi connectivity index (χ1) is 16.0. The molecule has 8 nitrogen and oxygen atoms in total. The van der Waals surface area contributed by atoms with E-state index < -0.39 is 23.9 Å². The largest absolute Gasteiger partial charge is 0.491 e. The molecule has 5 rings (SSSR count). The molecular weight excluding hydrogens is 429 g/mol. The number of hydrogen-bond acceptors (Lipinski definition) is 6. The number of fused-ring (bicyclic) bond motifs is 1. The molecule has 2 amide bonds. The number of halogens is 1. The van der Waals surface area contributed by atoms with Crippen molar-refractivity contribution < 1.29 is 28.6 Å². The molecule has 3 heterocycles. The van der Waals surface area contributed by atoms with Crippen LogP contribution in [0.1, 0.15) is 56.9 Å². The molecule has 3 aliphatic rings. The topological polar surface area (TPSA) is 110 Å². The predicted molar refractivity (Wildman–Crippen MR) is 116 cm³/mol. The summed E-state index contributed by atoms with van der Waals surface area (Å²) in [7, 11) is 0. The van der Waals surface area contributed by atoms with Gasteiger partial charge in [-0.15, -0.1) is 0 Å². The number of carbonyl (C=O) groups excluding carboxylic acids is 2. The van der Waals surface area contributed by atoms with Crippen molar-refractivity contribution in [1.82, 2.24) is 15.6 Å². The third kappa shape index (κ3) is 4.84. The number of hydrogen-bond donors (Lipinski definition) is 3. The van der Waals surface area contributed by atoms with Crippen molar-refractivity contribution in [3.63, 3.8) is 0 Å². The van der Waals surface area contributed by atoms with Gasteiger partial charge in [0.25, 0.3) is 11.8 Å². The van der Waals surface area contributed by atoms with Gasteiger partial charge in [-0.25, -0.2) is 9.37 Å². The Kier molecular flexibility index (Phi) is 5.99. The van der Waals surface area contributed by atoms with E-state index in [9.17, 15) is 19.1 Å². The Bertz CT molecular complexity index is 1090. The smallest absolute Gasteiger partial charge is 0.270 e. The number of carbonyl (C=O) groups is 2. The van der Waals surface area contributed by atoms with E-state index in [-0.39, 0.29) is 29.8 Å². The molecule has 2 aromatic rings. The molecule has 0 unspecified atom stereocenters. The van der Waals surface area contributed by atoms with Gasteiger partial charge in [-0.3, -0.25) is 9.59 Å². The zero-order valence-corrected chi connectivity index (χ0v) is 18.1. The van der Waals surface area contributed by atoms with Gasteiger partial charge >= 0.3 is 0 Å². The first kappa shape index (κ1) is 21.8. The number of rotatable bonds is 6. The van der Waals surface area contributed by atoms with Crippen molar-refractivity contribution in [2.24, 2.45) is 0 Å². The van der Waals surface area contributed by atoms with Crippen LogP contribution < -0.4 is 15.4 Å². The van der Waals surface area contributed by atoms with Crippen LogP contribution in [0.5, 0.6) is 5.75 Å². The van der Waals surface area contributed by atoms with E-state index in [1.54, 1.807) is 12.1 Å². The third-order valence-corrected chi connectivity index (χ3v) is 6.17. The van der Waals surface area contributed by atoms with Crippen LogP contribution in [0.2, 0.25) is 0 Å². The Hall–Kier alpha value is -3.04. The van der Waals surface area contributed by atoms with Crippen LogP contribution in [-0.2, 0) is 17.6 Å². The molecule has 1 saturated heterocycles. The lowest BCUT2D eigenvalue weighted by atomic mass is 10.0. The van der Waals surface area contributed by atoms with E-state index in [0.717, 1.165) is 18.4 Å².